The number of likely N-dealkylation sites (tertiary alicyclic amines) is 1. The maximum Gasteiger partial charge on any atom is 0.180 e. The van der Waals surface area contributed by atoms with E-state index in [4.69, 9.17) is 9.97 Å². The quantitative estimate of drug-likeness (QED) is 0.703. The molecular weight excluding hydrogens is 360 g/mol. The second kappa shape index (κ2) is 8.27. The summed E-state index contributed by atoms with van der Waals surface area (Å²) in [5, 5.41) is 7.17. The highest BCUT2D eigenvalue weighted by atomic mass is 15.2. The van der Waals surface area contributed by atoms with E-state index in [2.05, 4.69) is 50.8 Å². The van der Waals surface area contributed by atoms with Crippen LogP contribution in [0.25, 0.3) is 11.5 Å². The predicted octanol–water partition coefficient (Wildman–Crippen LogP) is 2.87. The summed E-state index contributed by atoms with van der Waals surface area (Å²) < 4.78 is 0. The fourth-order valence-electron chi connectivity index (χ4n) is 4.22. The Hall–Kier alpha value is -2.83. The molecule has 2 N–H and O–H groups in total. The minimum Gasteiger partial charge on any atom is -0.366 e. The summed E-state index contributed by atoms with van der Waals surface area (Å²) in [5.74, 6) is 1.69. The van der Waals surface area contributed by atoms with Gasteiger partial charge in [-0.3, -0.25) is 9.88 Å². The van der Waals surface area contributed by atoms with E-state index in [9.17, 15) is 0 Å². The van der Waals surface area contributed by atoms with Gasteiger partial charge in [-0.15, -0.1) is 0 Å². The lowest BCUT2D eigenvalue weighted by Gasteiger charge is -2.23. The molecule has 5 rings (SSSR count). The third-order valence-corrected chi connectivity index (χ3v) is 5.69. The number of pyridine rings is 1. The van der Waals surface area contributed by atoms with Crippen LogP contribution < -0.4 is 10.6 Å². The fraction of sp³-hybridized carbons (Fsp3) is 0.348. The molecule has 0 aliphatic carbocycles. The molecule has 148 valence electrons. The first kappa shape index (κ1) is 18.2. The van der Waals surface area contributed by atoms with Crippen molar-refractivity contribution in [1.82, 2.24) is 25.2 Å². The van der Waals surface area contributed by atoms with Crippen LogP contribution in [-0.2, 0) is 19.5 Å². The van der Waals surface area contributed by atoms with Crippen molar-refractivity contribution >= 4 is 5.82 Å². The lowest BCUT2D eigenvalue weighted by atomic mass is 10.1. The number of benzene rings is 1. The van der Waals surface area contributed by atoms with E-state index in [1.807, 2.05) is 18.2 Å². The minimum absolute atomic E-state index is 0.407. The molecular formula is C23H26N6. The van der Waals surface area contributed by atoms with Gasteiger partial charge < -0.3 is 10.6 Å². The molecule has 0 bridgehead atoms. The topological polar surface area (TPSA) is 66.0 Å². The maximum absolute atomic E-state index is 4.90. The SMILES string of the molecule is c1ccc(CN2CC[C@H](Nc3nc(-c4ccccn4)nc4c3CCNC4)C2)cc1. The van der Waals surface area contributed by atoms with Gasteiger partial charge in [-0.2, -0.15) is 0 Å². The summed E-state index contributed by atoms with van der Waals surface area (Å²) in [5.41, 5.74) is 4.54. The molecule has 2 aliphatic heterocycles. The number of nitrogens with zero attached hydrogens (tertiary/aromatic N) is 4. The Labute approximate surface area is 171 Å². The van der Waals surface area contributed by atoms with Gasteiger partial charge in [0, 0.05) is 44.0 Å². The van der Waals surface area contributed by atoms with Crippen molar-refractivity contribution in [2.45, 2.75) is 32.0 Å². The summed E-state index contributed by atoms with van der Waals surface area (Å²) in [7, 11) is 0. The Balaban J connectivity index is 1.35. The lowest BCUT2D eigenvalue weighted by Crippen LogP contribution is -2.30. The average Bonchev–Trinajstić information content (AvgIpc) is 3.21. The molecule has 0 amide bonds. The van der Waals surface area contributed by atoms with Crippen LogP contribution in [0, 0.1) is 0 Å². The molecule has 1 aromatic carbocycles. The van der Waals surface area contributed by atoms with Gasteiger partial charge in [0.05, 0.1) is 5.69 Å². The summed E-state index contributed by atoms with van der Waals surface area (Å²) in [4.78, 5) is 16.7. The molecule has 29 heavy (non-hydrogen) atoms. The minimum atomic E-state index is 0.407. The largest absolute Gasteiger partial charge is 0.366 e. The maximum atomic E-state index is 4.90. The average molecular weight is 387 g/mol. The van der Waals surface area contributed by atoms with Crippen molar-refractivity contribution in [3.8, 4) is 11.5 Å². The van der Waals surface area contributed by atoms with E-state index in [-0.39, 0.29) is 0 Å². The first-order valence-electron chi connectivity index (χ1n) is 10.4. The molecule has 1 fully saturated rings. The standard InChI is InChI=1S/C23H26N6/c1-2-6-17(7-3-1)15-29-13-10-18(16-29)26-22-19-9-12-24-14-21(19)27-23(28-22)20-8-4-5-11-25-20/h1-8,11,18,24H,9-10,12-16H2,(H,26,27,28)/t18-/m0/s1. The van der Waals surface area contributed by atoms with Gasteiger partial charge in [0.15, 0.2) is 5.82 Å². The smallest absolute Gasteiger partial charge is 0.180 e. The van der Waals surface area contributed by atoms with Crippen LogP contribution >= 0.6 is 0 Å². The number of fused-ring (bicyclic) bond motifs is 1. The van der Waals surface area contributed by atoms with E-state index >= 15 is 0 Å². The fourth-order valence-corrected chi connectivity index (χ4v) is 4.22. The van der Waals surface area contributed by atoms with Gasteiger partial charge in [-0.1, -0.05) is 36.4 Å². The second-order valence-electron chi connectivity index (χ2n) is 7.81. The second-order valence-corrected chi connectivity index (χ2v) is 7.81. The molecule has 0 radical (unpaired) electrons. The Morgan fingerprint density at radius 2 is 1.97 bits per heavy atom. The van der Waals surface area contributed by atoms with E-state index in [1.165, 1.54) is 11.1 Å². The monoisotopic (exact) mass is 386 g/mol. The number of hydrogen-bond acceptors (Lipinski definition) is 6. The van der Waals surface area contributed by atoms with E-state index < -0.39 is 0 Å². The van der Waals surface area contributed by atoms with Crippen LogP contribution in [0.15, 0.2) is 54.7 Å². The van der Waals surface area contributed by atoms with Gasteiger partial charge in [-0.05, 0) is 37.1 Å². The van der Waals surface area contributed by atoms with Crippen molar-refractivity contribution < 1.29 is 0 Å². The molecule has 0 unspecified atom stereocenters. The molecule has 2 aromatic heterocycles. The van der Waals surface area contributed by atoms with Gasteiger partial charge in [0.25, 0.3) is 0 Å². The Bertz CT molecular complexity index is 960. The molecule has 0 spiro atoms. The zero-order chi connectivity index (χ0) is 19.5. The van der Waals surface area contributed by atoms with Crippen molar-refractivity contribution in [1.29, 1.82) is 0 Å². The lowest BCUT2D eigenvalue weighted by molar-refractivity contribution is 0.328. The third-order valence-electron chi connectivity index (χ3n) is 5.69. The first-order chi connectivity index (χ1) is 14.3. The zero-order valence-corrected chi connectivity index (χ0v) is 16.5. The third kappa shape index (κ3) is 4.13. The van der Waals surface area contributed by atoms with Crippen LogP contribution in [0.3, 0.4) is 0 Å². The number of rotatable bonds is 5. The van der Waals surface area contributed by atoms with Crippen molar-refractivity contribution in [2.75, 3.05) is 25.0 Å². The summed E-state index contributed by atoms with van der Waals surface area (Å²) in [6.07, 6.45) is 3.88. The van der Waals surface area contributed by atoms with E-state index in [0.717, 1.165) is 62.8 Å². The van der Waals surface area contributed by atoms with Crippen LogP contribution in [0.4, 0.5) is 5.82 Å². The van der Waals surface area contributed by atoms with Crippen molar-refractivity contribution in [3.63, 3.8) is 0 Å². The molecule has 0 saturated carbocycles. The molecule has 2 aliphatic rings. The normalized spacial score (nSPS) is 19.1. The van der Waals surface area contributed by atoms with Crippen LogP contribution in [0.5, 0.6) is 0 Å². The Morgan fingerprint density at radius 3 is 2.83 bits per heavy atom. The number of aromatic nitrogens is 3. The van der Waals surface area contributed by atoms with E-state index in [0.29, 0.717) is 11.9 Å². The predicted molar refractivity (Wildman–Crippen MR) is 114 cm³/mol. The summed E-state index contributed by atoms with van der Waals surface area (Å²) in [6, 6.07) is 17.0. The number of hydrogen-bond donors (Lipinski definition) is 2. The van der Waals surface area contributed by atoms with Gasteiger partial charge >= 0.3 is 0 Å². The Morgan fingerprint density at radius 1 is 1.07 bits per heavy atom. The molecule has 4 heterocycles. The highest BCUT2D eigenvalue weighted by molar-refractivity contribution is 5.57. The summed E-state index contributed by atoms with van der Waals surface area (Å²) in [6.45, 7) is 4.90. The van der Waals surface area contributed by atoms with Crippen molar-refractivity contribution in [3.05, 3.63) is 71.5 Å². The van der Waals surface area contributed by atoms with Gasteiger partial charge in [0.2, 0.25) is 0 Å². The molecule has 6 heteroatoms. The molecule has 1 atom stereocenters. The number of anilines is 1. The zero-order valence-electron chi connectivity index (χ0n) is 16.5. The van der Waals surface area contributed by atoms with Crippen LogP contribution in [0.2, 0.25) is 0 Å². The van der Waals surface area contributed by atoms with Crippen LogP contribution in [-0.4, -0.2) is 45.5 Å². The first-order valence-corrected chi connectivity index (χ1v) is 10.4. The van der Waals surface area contributed by atoms with Crippen LogP contribution in [0.1, 0.15) is 23.2 Å². The summed E-state index contributed by atoms with van der Waals surface area (Å²) >= 11 is 0. The molecule has 6 nitrogen and oxygen atoms in total. The van der Waals surface area contributed by atoms with Crippen molar-refractivity contribution in [2.24, 2.45) is 0 Å². The highest BCUT2D eigenvalue weighted by Gasteiger charge is 2.25. The Kier molecular flexibility index (Phi) is 5.19. The van der Waals surface area contributed by atoms with E-state index in [1.54, 1.807) is 6.20 Å². The molecule has 1 saturated heterocycles. The molecule has 3 aromatic rings. The highest BCUT2D eigenvalue weighted by Crippen LogP contribution is 2.26. The van der Waals surface area contributed by atoms with Gasteiger partial charge in [0.1, 0.15) is 11.5 Å². The van der Waals surface area contributed by atoms with Gasteiger partial charge in [-0.25, -0.2) is 9.97 Å². The number of nitrogens with one attached hydrogen (secondary N) is 2.